The average molecular weight is 449 g/mol. The minimum absolute atomic E-state index is 0.0459. The minimum Gasteiger partial charge on any atom is -0.488 e. The maximum Gasteiger partial charge on any atom is 0.416 e. The highest BCUT2D eigenvalue weighted by atomic mass is 19.4. The van der Waals surface area contributed by atoms with Gasteiger partial charge in [-0.3, -0.25) is 0 Å². The molecule has 3 aromatic rings. The third kappa shape index (κ3) is 7.00. The number of nitrogens with zero attached hydrogens (tertiary/aromatic N) is 3. The van der Waals surface area contributed by atoms with Crippen molar-refractivity contribution in [1.82, 2.24) is 9.97 Å². The van der Waals surface area contributed by atoms with E-state index >= 15 is 0 Å². The molecule has 3 rings (SSSR count). The maximum atomic E-state index is 12.6. The molecule has 0 aliphatic rings. The maximum absolute atomic E-state index is 12.6. The summed E-state index contributed by atoms with van der Waals surface area (Å²) in [6.45, 7) is 4.30. The summed E-state index contributed by atoms with van der Waals surface area (Å²) in [5.41, 5.74) is 1.54. The second kappa shape index (κ2) is 11.7. The molecule has 0 atom stereocenters. The van der Waals surface area contributed by atoms with Gasteiger partial charge in [0.25, 0.3) is 0 Å². The number of oxime groups is 1. The Hall–Kier alpha value is -3.56. The predicted molar refractivity (Wildman–Crippen MR) is 121 cm³/mol. The normalized spacial score (nSPS) is 11.9. The van der Waals surface area contributed by atoms with Gasteiger partial charge in [-0.25, -0.2) is 9.98 Å². The van der Waals surface area contributed by atoms with Crippen LogP contribution in [0.5, 0.6) is 5.75 Å². The number of aromatic nitrogens is 2. The van der Waals surface area contributed by atoms with E-state index in [2.05, 4.69) is 39.3 Å². The molecule has 0 spiro atoms. The largest absolute Gasteiger partial charge is 0.488 e. The summed E-state index contributed by atoms with van der Waals surface area (Å²) < 4.78 is 43.1. The van der Waals surface area contributed by atoms with Crippen LogP contribution in [0.25, 0.3) is 11.0 Å². The zero-order valence-electron chi connectivity index (χ0n) is 18.3. The molecule has 0 radical (unpaired) electrons. The smallest absolute Gasteiger partial charge is 0.416 e. The molecule has 0 bridgehead atoms. The molecule has 0 amide bonds. The number of hydrogen-bond acceptors (Lipinski definition) is 5. The highest BCUT2D eigenvalue weighted by Gasteiger charge is 2.29. The van der Waals surface area contributed by atoms with Gasteiger partial charge in [-0.05, 0) is 42.5 Å². The number of aromatic amines is 1. The minimum atomic E-state index is -4.38. The third-order valence-electron chi connectivity index (χ3n) is 3.87. The molecule has 1 heterocycles. The van der Waals surface area contributed by atoms with Crippen LogP contribution in [-0.4, -0.2) is 42.8 Å². The molecule has 7 nitrogen and oxygen atoms in total. The lowest BCUT2D eigenvalue weighted by atomic mass is 10.2. The van der Waals surface area contributed by atoms with E-state index in [1.54, 1.807) is 13.1 Å². The number of anilines is 1. The van der Waals surface area contributed by atoms with Crippen molar-refractivity contribution in [3.05, 3.63) is 53.6 Å². The first-order valence-electron chi connectivity index (χ1n) is 9.94. The first-order chi connectivity index (χ1) is 15.3. The predicted octanol–water partition coefficient (Wildman–Crippen LogP) is 5.50. The number of nitrogens with one attached hydrogen (secondary N) is 2. The summed E-state index contributed by atoms with van der Waals surface area (Å²) in [5.74, 6) is 1.25. The highest BCUT2D eigenvalue weighted by molar-refractivity contribution is 6.04. The number of rotatable bonds is 6. The monoisotopic (exact) mass is 449 g/mol. The summed E-state index contributed by atoms with van der Waals surface area (Å²) in [7, 11) is 3.17. The number of imidazole rings is 1. The van der Waals surface area contributed by atoms with Gasteiger partial charge in [0.05, 0.1) is 16.6 Å². The lowest BCUT2D eigenvalue weighted by Gasteiger charge is -2.07. The van der Waals surface area contributed by atoms with Crippen molar-refractivity contribution in [2.45, 2.75) is 26.4 Å². The number of benzene rings is 2. The van der Waals surface area contributed by atoms with Gasteiger partial charge in [-0.2, -0.15) is 13.2 Å². The Kier molecular flexibility index (Phi) is 9.06. The van der Waals surface area contributed by atoms with Gasteiger partial charge in [-0.1, -0.05) is 25.4 Å². The van der Waals surface area contributed by atoms with Crippen LogP contribution in [0.3, 0.4) is 0 Å². The number of H-pyrrole nitrogens is 1. The molecule has 0 aliphatic carbocycles. The molecule has 10 heteroatoms. The van der Waals surface area contributed by atoms with E-state index in [1.807, 2.05) is 12.1 Å². The Morgan fingerprint density at radius 1 is 1.16 bits per heavy atom. The Morgan fingerprint density at radius 3 is 2.44 bits per heavy atom. The van der Waals surface area contributed by atoms with Crippen LogP contribution in [0, 0.1) is 0 Å². The topological polar surface area (TPSA) is 83.9 Å². The molecule has 0 unspecified atom stereocenters. The lowest BCUT2D eigenvalue weighted by molar-refractivity contribution is -0.137. The molecule has 1 aromatic heterocycles. The SMILES string of the molecule is CCC.CNc1nc2ccc(/C(N=CCOc3ccc(C(F)(F)F)cc3)=N/OC)cc2[nH]1. The summed E-state index contributed by atoms with van der Waals surface area (Å²) in [5, 5.41) is 6.83. The summed E-state index contributed by atoms with van der Waals surface area (Å²) in [4.78, 5) is 16.5. The Labute approximate surface area is 184 Å². The first-order valence-corrected chi connectivity index (χ1v) is 9.94. The van der Waals surface area contributed by atoms with Crippen molar-refractivity contribution >= 4 is 29.0 Å². The van der Waals surface area contributed by atoms with Crippen LogP contribution in [-0.2, 0) is 11.0 Å². The molecule has 0 aliphatic heterocycles. The van der Waals surface area contributed by atoms with Crippen molar-refractivity contribution in [3.8, 4) is 5.75 Å². The van der Waals surface area contributed by atoms with Crippen LogP contribution in [0.4, 0.5) is 19.1 Å². The summed E-state index contributed by atoms with van der Waals surface area (Å²) in [6.07, 6.45) is -1.68. The van der Waals surface area contributed by atoms with Crippen molar-refractivity contribution in [2.24, 2.45) is 10.1 Å². The molecule has 0 fully saturated rings. The van der Waals surface area contributed by atoms with E-state index in [0.717, 1.165) is 23.2 Å². The molecule has 2 aromatic carbocycles. The molecule has 2 N–H and O–H groups in total. The molecular weight excluding hydrogens is 423 g/mol. The van der Waals surface area contributed by atoms with Crippen LogP contribution in [0.2, 0.25) is 0 Å². The fourth-order valence-corrected chi connectivity index (χ4v) is 2.50. The van der Waals surface area contributed by atoms with Crippen molar-refractivity contribution in [1.29, 1.82) is 0 Å². The Morgan fingerprint density at radius 2 is 1.84 bits per heavy atom. The van der Waals surface area contributed by atoms with E-state index in [0.29, 0.717) is 23.1 Å². The average Bonchev–Trinajstić information content (AvgIpc) is 3.19. The van der Waals surface area contributed by atoms with Gasteiger partial charge in [0.2, 0.25) is 5.95 Å². The zero-order chi connectivity index (χ0) is 23.6. The second-order valence-corrected chi connectivity index (χ2v) is 6.52. The van der Waals surface area contributed by atoms with Gasteiger partial charge in [-0.15, -0.1) is 0 Å². The zero-order valence-corrected chi connectivity index (χ0v) is 18.3. The van der Waals surface area contributed by atoms with E-state index in [1.165, 1.54) is 31.9 Å². The van der Waals surface area contributed by atoms with Crippen LogP contribution >= 0.6 is 0 Å². The van der Waals surface area contributed by atoms with Gasteiger partial charge >= 0.3 is 6.18 Å². The van der Waals surface area contributed by atoms with Gasteiger partial charge in [0.1, 0.15) is 19.5 Å². The number of alkyl halides is 3. The number of fused-ring (bicyclic) bond motifs is 1. The first kappa shape index (κ1) is 24.7. The van der Waals surface area contributed by atoms with Gasteiger partial charge in [0, 0.05) is 18.8 Å². The Bertz CT molecular complexity index is 1040. The molecule has 0 saturated carbocycles. The quantitative estimate of drug-likeness (QED) is 0.296. The van der Waals surface area contributed by atoms with Gasteiger partial charge in [0.15, 0.2) is 5.84 Å². The van der Waals surface area contributed by atoms with Crippen molar-refractivity contribution in [2.75, 3.05) is 26.1 Å². The molecular formula is C22H26F3N5O2. The number of aliphatic imine (C=N–C) groups is 1. The summed E-state index contributed by atoms with van der Waals surface area (Å²) in [6, 6.07) is 9.89. The third-order valence-corrected chi connectivity index (χ3v) is 3.87. The highest BCUT2D eigenvalue weighted by Crippen LogP contribution is 2.30. The Balaban J connectivity index is 0.00000114. The van der Waals surface area contributed by atoms with E-state index in [4.69, 9.17) is 9.57 Å². The standard InChI is InChI=1S/C19H18F3N5O2.C3H8/c1-23-18-25-15-8-3-12(11-16(15)26-18)17(27-28-2)24-9-10-29-14-6-4-13(5-7-14)19(20,21)22;1-3-2/h3-9,11H,10H2,1-2H3,(H2,23,25,26);3H2,1-2H3/b24-9?,27-17-;. The van der Waals surface area contributed by atoms with Crippen LogP contribution in [0.15, 0.2) is 52.6 Å². The van der Waals surface area contributed by atoms with Crippen LogP contribution < -0.4 is 10.1 Å². The molecule has 32 heavy (non-hydrogen) atoms. The number of hydrogen-bond donors (Lipinski definition) is 2. The van der Waals surface area contributed by atoms with Gasteiger partial charge < -0.3 is 19.9 Å². The van der Waals surface area contributed by atoms with E-state index in [9.17, 15) is 13.2 Å². The van der Waals surface area contributed by atoms with E-state index in [-0.39, 0.29) is 6.61 Å². The van der Waals surface area contributed by atoms with Crippen LogP contribution in [0.1, 0.15) is 31.4 Å². The number of ether oxygens (including phenoxy) is 1. The second-order valence-electron chi connectivity index (χ2n) is 6.52. The fourth-order valence-electron chi connectivity index (χ4n) is 2.50. The molecule has 172 valence electrons. The summed E-state index contributed by atoms with van der Waals surface area (Å²) >= 11 is 0. The number of halogens is 3. The van der Waals surface area contributed by atoms with Crippen molar-refractivity contribution in [3.63, 3.8) is 0 Å². The fraction of sp³-hybridized carbons (Fsp3) is 0.318. The number of amidine groups is 1. The van der Waals surface area contributed by atoms with E-state index < -0.39 is 11.7 Å². The molecule has 0 saturated heterocycles. The lowest BCUT2D eigenvalue weighted by Crippen LogP contribution is -2.05. The van der Waals surface area contributed by atoms with Crippen molar-refractivity contribution < 1.29 is 22.7 Å².